The van der Waals surface area contributed by atoms with Crippen molar-refractivity contribution in [1.29, 1.82) is 0 Å². The van der Waals surface area contributed by atoms with Gasteiger partial charge in [0.25, 0.3) is 0 Å². The molecule has 2 amide bonds. The maximum Gasteiger partial charge on any atom is 0.324 e. The molecule has 0 spiro atoms. The molecule has 3 aromatic rings. The highest BCUT2D eigenvalue weighted by atomic mass is 32.1. The van der Waals surface area contributed by atoms with Crippen LogP contribution in [0, 0.1) is 5.82 Å². The van der Waals surface area contributed by atoms with Crippen LogP contribution in [-0.4, -0.2) is 18.9 Å². The van der Waals surface area contributed by atoms with Crippen molar-refractivity contribution >= 4 is 33.8 Å². The molecule has 0 aliphatic heterocycles. The summed E-state index contributed by atoms with van der Waals surface area (Å²) in [5.41, 5.74) is 1.39. The van der Waals surface area contributed by atoms with Crippen molar-refractivity contribution in [2.24, 2.45) is 0 Å². The fourth-order valence-corrected chi connectivity index (χ4v) is 3.56. The molecule has 0 aliphatic carbocycles. The number of aryl methyl sites for hydroxylation is 1. The Kier molecular flexibility index (Phi) is 6.06. The average molecular weight is 398 g/mol. The topological polar surface area (TPSA) is 67.4 Å². The number of carbonyl (C=O) groups is 2. The summed E-state index contributed by atoms with van der Waals surface area (Å²) in [6, 6.07) is 13.5. The molecule has 0 saturated heterocycles. The number of carbonyl (C=O) groups excluding carboxylic acids is 2. The van der Waals surface area contributed by atoms with Crippen molar-refractivity contribution in [2.75, 3.05) is 17.7 Å². The number of urea groups is 1. The number of ether oxygens (including phenoxy) is 1. The van der Waals surface area contributed by atoms with Gasteiger partial charge in [-0.3, -0.25) is 10.1 Å². The van der Waals surface area contributed by atoms with Crippen LogP contribution in [0.5, 0.6) is 5.75 Å². The molecule has 0 unspecified atom stereocenters. The predicted molar refractivity (Wildman–Crippen MR) is 109 cm³/mol. The van der Waals surface area contributed by atoms with Crippen LogP contribution in [0.25, 0.3) is 0 Å². The van der Waals surface area contributed by atoms with Gasteiger partial charge in [0.15, 0.2) is 5.78 Å². The monoisotopic (exact) mass is 398 g/mol. The van der Waals surface area contributed by atoms with Crippen LogP contribution in [0.4, 0.5) is 19.9 Å². The Morgan fingerprint density at radius 3 is 2.32 bits per heavy atom. The number of hydrogen-bond acceptors (Lipinski definition) is 4. The zero-order valence-electron chi connectivity index (χ0n) is 15.4. The predicted octanol–water partition coefficient (Wildman–Crippen LogP) is 5.33. The first-order valence-electron chi connectivity index (χ1n) is 8.65. The normalized spacial score (nSPS) is 10.4. The number of nitrogens with one attached hydrogen (secondary N) is 2. The zero-order valence-corrected chi connectivity index (χ0v) is 16.2. The summed E-state index contributed by atoms with van der Waals surface area (Å²) in [7, 11) is 1.56. The molecule has 0 bridgehead atoms. The van der Waals surface area contributed by atoms with Crippen molar-refractivity contribution in [3.63, 3.8) is 0 Å². The molecule has 0 aliphatic rings. The number of ketones is 1. The number of methoxy groups -OCH3 is 1. The van der Waals surface area contributed by atoms with Crippen LogP contribution < -0.4 is 15.4 Å². The molecule has 144 valence electrons. The third kappa shape index (κ3) is 4.55. The standard InChI is InChI=1S/C21H19FN2O3S/c1-3-17-12-18(19(25)13-4-10-16(27-2)11-5-13)20(28-17)24-21(26)23-15-8-6-14(22)7-9-15/h4-12H,3H2,1-2H3,(H2,23,24,26). The Morgan fingerprint density at radius 2 is 1.71 bits per heavy atom. The molecule has 1 heterocycles. The lowest BCUT2D eigenvalue weighted by Crippen LogP contribution is -2.20. The summed E-state index contributed by atoms with van der Waals surface area (Å²) in [5, 5.41) is 5.83. The Morgan fingerprint density at radius 1 is 1.04 bits per heavy atom. The number of halogens is 1. The summed E-state index contributed by atoms with van der Waals surface area (Å²) in [6.45, 7) is 1.98. The van der Waals surface area contributed by atoms with Crippen LogP contribution in [0.2, 0.25) is 0 Å². The van der Waals surface area contributed by atoms with E-state index in [0.29, 0.717) is 27.6 Å². The third-order valence-corrected chi connectivity index (χ3v) is 5.25. The Balaban J connectivity index is 1.80. The second-order valence-electron chi connectivity index (χ2n) is 5.95. The maximum atomic E-state index is 13.0. The van der Waals surface area contributed by atoms with E-state index < -0.39 is 6.03 Å². The van der Waals surface area contributed by atoms with Crippen molar-refractivity contribution in [3.05, 3.63) is 76.4 Å². The molecule has 5 nitrogen and oxygen atoms in total. The Bertz CT molecular complexity index is 982. The summed E-state index contributed by atoms with van der Waals surface area (Å²) in [5.74, 6) is 0.0907. The lowest BCUT2D eigenvalue weighted by molar-refractivity contribution is 0.104. The highest BCUT2D eigenvalue weighted by molar-refractivity contribution is 7.16. The van der Waals surface area contributed by atoms with Gasteiger partial charge < -0.3 is 10.1 Å². The summed E-state index contributed by atoms with van der Waals surface area (Å²) < 4.78 is 18.1. The van der Waals surface area contributed by atoms with Crippen LogP contribution in [-0.2, 0) is 6.42 Å². The largest absolute Gasteiger partial charge is 0.497 e. The second-order valence-corrected chi connectivity index (χ2v) is 7.09. The van der Waals surface area contributed by atoms with Gasteiger partial charge in [0.1, 0.15) is 16.6 Å². The van der Waals surface area contributed by atoms with Gasteiger partial charge in [0.2, 0.25) is 0 Å². The molecule has 0 fully saturated rings. The van der Waals surface area contributed by atoms with E-state index in [1.54, 1.807) is 37.4 Å². The molecule has 0 saturated carbocycles. The number of thiophene rings is 1. The molecule has 2 N–H and O–H groups in total. The molecular formula is C21H19FN2O3S. The Hall–Kier alpha value is -3.19. The van der Waals surface area contributed by atoms with Crippen molar-refractivity contribution in [2.45, 2.75) is 13.3 Å². The van der Waals surface area contributed by atoms with E-state index in [9.17, 15) is 14.0 Å². The van der Waals surface area contributed by atoms with Gasteiger partial charge in [-0.25, -0.2) is 9.18 Å². The smallest absolute Gasteiger partial charge is 0.324 e. The van der Waals surface area contributed by atoms with Gasteiger partial charge >= 0.3 is 6.03 Å². The van der Waals surface area contributed by atoms with Crippen LogP contribution in [0.15, 0.2) is 54.6 Å². The molecule has 0 radical (unpaired) electrons. The van der Waals surface area contributed by atoms with Gasteiger partial charge in [-0.2, -0.15) is 0 Å². The van der Waals surface area contributed by atoms with E-state index in [0.717, 1.165) is 11.3 Å². The van der Waals surface area contributed by atoms with Crippen molar-refractivity contribution in [1.82, 2.24) is 0 Å². The number of rotatable bonds is 6. The van der Waals surface area contributed by atoms with E-state index >= 15 is 0 Å². The molecule has 1 aromatic heterocycles. The quantitative estimate of drug-likeness (QED) is 0.551. The van der Waals surface area contributed by atoms with Crippen LogP contribution in [0.1, 0.15) is 27.7 Å². The van der Waals surface area contributed by atoms with E-state index in [1.165, 1.54) is 35.6 Å². The average Bonchev–Trinajstić information content (AvgIpc) is 3.12. The summed E-state index contributed by atoms with van der Waals surface area (Å²) in [4.78, 5) is 26.2. The minimum atomic E-state index is -0.500. The van der Waals surface area contributed by atoms with Gasteiger partial charge in [-0.15, -0.1) is 11.3 Å². The van der Waals surface area contributed by atoms with Gasteiger partial charge in [-0.05, 0) is 61.0 Å². The molecular weight excluding hydrogens is 379 g/mol. The minimum Gasteiger partial charge on any atom is -0.497 e. The second kappa shape index (κ2) is 8.67. The molecule has 2 aromatic carbocycles. The molecule has 28 heavy (non-hydrogen) atoms. The minimum absolute atomic E-state index is 0.185. The fourth-order valence-electron chi connectivity index (χ4n) is 2.57. The lowest BCUT2D eigenvalue weighted by atomic mass is 10.0. The fraction of sp³-hybridized carbons (Fsp3) is 0.143. The van der Waals surface area contributed by atoms with Crippen LogP contribution in [0.3, 0.4) is 0 Å². The van der Waals surface area contributed by atoms with E-state index in [2.05, 4.69) is 10.6 Å². The first-order chi connectivity index (χ1) is 13.5. The Labute approximate surface area is 166 Å². The molecule has 7 heteroatoms. The lowest BCUT2D eigenvalue weighted by Gasteiger charge is -2.08. The summed E-state index contributed by atoms with van der Waals surface area (Å²) in [6.07, 6.45) is 0.745. The van der Waals surface area contributed by atoms with Gasteiger partial charge in [-0.1, -0.05) is 6.92 Å². The number of anilines is 2. The van der Waals surface area contributed by atoms with Gasteiger partial charge in [0, 0.05) is 16.1 Å². The summed E-state index contributed by atoms with van der Waals surface area (Å²) >= 11 is 1.35. The highest BCUT2D eigenvalue weighted by Crippen LogP contribution is 2.31. The zero-order chi connectivity index (χ0) is 20.1. The number of amides is 2. The third-order valence-electron chi connectivity index (χ3n) is 4.06. The highest BCUT2D eigenvalue weighted by Gasteiger charge is 2.19. The molecule has 0 atom stereocenters. The first kappa shape index (κ1) is 19.6. The van der Waals surface area contributed by atoms with E-state index in [-0.39, 0.29) is 11.6 Å². The van der Waals surface area contributed by atoms with E-state index in [4.69, 9.17) is 4.74 Å². The van der Waals surface area contributed by atoms with E-state index in [1.807, 2.05) is 6.92 Å². The first-order valence-corrected chi connectivity index (χ1v) is 9.47. The number of hydrogen-bond donors (Lipinski definition) is 2. The van der Waals surface area contributed by atoms with Gasteiger partial charge in [0.05, 0.1) is 12.7 Å². The van der Waals surface area contributed by atoms with Crippen LogP contribution >= 0.6 is 11.3 Å². The van der Waals surface area contributed by atoms with Crippen molar-refractivity contribution in [3.8, 4) is 5.75 Å². The SMILES string of the molecule is CCc1cc(C(=O)c2ccc(OC)cc2)c(NC(=O)Nc2ccc(F)cc2)s1. The molecule has 3 rings (SSSR count). The number of benzene rings is 2. The maximum absolute atomic E-state index is 13.0. The van der Waals surface area contributed by atoms with Crippen molar-refractivity contribution < 1.29 is 18.7 Å².